The molecule has 10 atom stereocenters. The summed E-state index contributed by atoms with van der Waals surface area (Å²) in [7, 11) is 9.72. The second-order valence-corrected chi connectivity index (χ2v) is 29.4. The molecule has 3 heterocycles. The maximum absolute atomic E-state index is 13.3. The predicted molar refractivity (Wildman–Crippen MR) is 409 cm³/mol. The summed E-state index contributed by atoms with van der Waals surface area (Å²) in [4.78, 5) is 77.0. The van der Waals surface area contributed by atoms with E-state index in [-0.39, 0.29) is 96.7 Å². The molecular formula is C82H110N12O12. The molecule has 3 aromatic heterocycles. The fourth-order valence-electron chi connectivity index (χ4n) is 15.2. The first-order valence-corrected chi connectivity index (χ1v) is 37.8. The molecule has 7 unspecified atom stereocenters. The second-order valence-electron chi connectivity index (χ2n) is 29.4. The predicted octanol–water partition coefficient (Wildman–Crippen LogP) is 13.1. The molecule has 3 aromatic carbocycles. The van der Waals surface area contributed by atoms with Crippen LogP contribution < -0.4 is 60.3 Å². The lowest BCUT2D eigenvalue weighted by atomic mass is 9.93. The molecule has 6 aliphatic rings. The van der Waals surface area contributed by atoms with E-state index in [1.165, 1.54) is 0 Å². The maximum Gasteiger partial charge on any atom is 0.272 e. The summed E-state index contributed by atoms with van der Waals surface area (Å²) < 4.78 is 39.8. The van der Waals surface area contributed by atoms with Crippen LogP contribution in [0.25, 0.3) is 33.8 Å². The Balaban J connectivity index is 0.000000170. The number of hydrogen-bond acceptors (Lipinski definition) is 15. The van der Waals surface area contributed by atoms with Crippen molar-refractivity contribution < 1.29 is 57.2 Å². The fraction of sp³-hybridized carbons (Fsp3) is 0.524. The van der Waals surface area contributed by atoms with Crippen LogP contribution in [0.2, 0.25) is 0 Å². The number of amides is 6. The monoisotopic (exact) mass is 1450 g/mol. The van der Waals surface area contributed by atoms with Crippen molar-refractivity contribution in [2.45, 2.75) is 210 Å². The molecule has 6 amide bonds. The van der Waals surface area contributed by atoms with E-state index < -0.39 is 18.1 Å². The second kappa shape index (κ2) is 36.9. The van der Waals surface area contributed by atoms with Gasteiger partial charge in [-0.15, -0.1) is 19.7 Å². The number of aromatic nitrogens is 6. The molecule has 0 saturated heterocycles. The SMILES string of the molecule is C=C[C@@H](CC(=O)NC1CCC1)NC(=O)c1cc(-c2c(OC)cccc2OC)n(C2CCC(C)C2)n1.C=C[C@@H](CC(=O)NC1CCC1)NC(=O)c1cc(-c2c(OC)cccc2OC)n(C2CCC(C)C2C)n1.C=C[C@@H](CC(=O)NC1CCC1)NC(=O)c1cc(-c2c(OC)cccc2OC)n(C2CCCC2C)n1. The van der Waals surface area contributed by atoms with E-state index in [1.54, 1.807) is 79.1 Å². The lowest BCUT2D eigenvalue weighted by Gasteiger charge is -2.27. The molecule has 6 N–H and O–H groups in total. The number of nitrogens with zero attached hydrogens (tertiary/aromatic N) is 6. The molecule has 6 fully saturated rings. The van der Waals surface area contributed by atoms with Crippen molar-refractivity contribution in [2.75, 3.05) is 42.7 Å². The van der Waals surface area contributed by atoms with Crippen molar-refractivity contribution in [3.8, 4) is 68.3 Å². The summed E-state index contributed by atoms with van der Waals surface area (Å²) in [6.07, 6.45) is 23.2. The van der Waals surface area contributed by atoms with Crippen LogP contribution in [0.15, 0.2) is 111 Å². The van der Waals surface area contributed by atoms with Crippen molar-refractivity contribution >= 4 is 35.4 Å². The molecule has 0 spiro atoms. The molecule has 12 rings (SSSR count). The van der Waals surface area contributed by atoms with Crippen molar-refractivity contribution in [1.82, 2.24) is 61.2 Å². The largest absolute Gasteiger partial charge is 0.496 e. The number of benzene rings is 3. The van der Waals surface area contributed by atoms with Crippen LogP contribution in [0.5, 0.6) is 34.5 Å². The molecule has 6 saturated carbocycles. The van der Waals surface area contributed by atoms with Gasteiger partial charge in [-0.2, -0.15) is 15.3 Å². The van der Waals surface area contributed by atoms with Gasteiger partial charge in [-0.3, -0.25) is 42.8 Å². The summed E-state index contributed by atoms with van der Waals surface area (Å²) in [5, 5.41) is 32.1. The van der Waals surface area contributed by atoms with Crippen LogP contribution in [0.4, 0.5) is 0 Å². The van der Waals surface area contributed by atoms with Gasteiger partial charge in [0.15, 0.2) is 17.1 Å². The highest BCUT2D eigenvalue weighted by Gasteiger charge is 2.37. The van der Waals surface area contributed by atoms with E-state index >= 15 is 0 Å². The molecule has 24 heteroatoms. The van der Waals surface area contributed by atoms with Crippen LogP contribution >= 0.6 is 0 Å². The average molecular weight is 1460 g/mol. The molecule has 0 bridgehead atoms. The Bertz CT molecular complexity index is 4000. The minimum atomic E-state index is -0.489. The standard InChI is InChI=1S/C28H38N4O4.2C27H36N4O4/c1-6-19(15-26(33)29-20-9-7-10-20)30-28(34)21-16-23(27-24(35-4)11-8-12-25(27)36-5)32(31-21)22-14-13-17(2)18(22)3;1-5-18(15-25(32)28-19-10-7-11-19)29-27(33)20-16-22(31(30-20)21-12-6-9-17(21)2)26-23(34-3)13-8-14-24(26)35-4;1-5-18(15-25(32)28-19-8-6-9-19)29-27(33)21-16-22(31(30-21)20-13-12-17(2)14-20)26-23(34-3)10-7-11-24(26)35-4/h6,8,11-12,16-20,22H,1,7,9-10,13-15H2,2-5H3,(H,29,33)(H,30,34);5,8,13-14,16-19,21H,1,6-7,9-12,15H2,2-4H3,(H,28,32)(H,29,33);5,7,10-11,16-20H,1,6,8-9,12-15H2,2-4H3,(H,28,32)(H,29,33)/t17?,18?,19-,22?;17?,18-,21?;17?,18-,20?/m000/s1. The smallest absolute Gasteiger partial charge is 0.272 e. The van der Waals surface area contributed by atoms with Gasteiger partial charge in [0.05, 0.1) is 132 Å². The van der Waals surface area contributed by atoms with E-state index in [2.05, 4.69) is 79.3 Å². The number of rotatable bonds is 30. The summed E-state index contributed by atoms with van der Waals surface area (Å²) in [6, 6.07) is 22.1. The third kappa shape index (κ3) is 18.8. The molecule has 106 heavy (non-hydrogen) atoms. The molecular weight excluding hydrogens is 1340 g/mol. The zero-order chi connectivity index (χ0) is 75.7. The Morgan fingerprint density at radius 1 is 0.425 bits per heavy atom. The summed E-state index contributed by atoms with van der Waals surface area (Å²) in [5.41, 5.74) is 5.50. The van der Waals surface area contributed by atoms with Crippen LogP contribution in [-0.2, 0) is 14.4 Å². The number of carbonyl (C=O) groups excluding carboxylic acids is 6. The first-order valence-electron chi connectivity index (χ1n) is 37.8. The fourth-order valence-corrected chi connectivity index (χ4v) is 15.2. The average Bonchev–Trinajstić information content (AvgIpc) is 1.63. The van der Waals surface area contributed by atoms with Crippen LogP contribution in [0.3, 0.4) is 0 Å². The Labute approximate surface area is 623 Å². The van der Waals surface area contributed by atoms with Gasteiger partial charge in [0.25, 0.3) is 17.7 Å². The topological polar surface area (TPSA) is 283 Å². The third-order valence-corrected chi connectivity index (χ3v) is 22.3. The molecule has 6 aromatic rings. The van der Waals surface area contributed by atoms with Crippen LogP contribution in [-0.4, -0.2) is 144 Å². The minimum absolute atomic E-state index is 0.0789. The first-order chi connectivity index (χ1) is 51.2. The van der Waals surface area contributed by atoms with Gasteiger partial charge in [-0.1, -0.05) is 70.5 Å². The lowest BCUT2D eigenvalue weighted by Crippen LogP contribution is -2.43. The summed E-state index contributed by atoms with van der Waals surface area (Å²) in [6.45, 7) is 20.4. The molecule has 570 valence electrons. The van der Waals surface area contributed by atoms with Crippen molar-refractivity contribution in [1.29, 1.82) is 0 Å². The Hall–Kier alpha value is -9.87. The van der Waals surface area contributed by atoms with Crippen LogP contribution in [0.1, 0.15) is 206 Å². The highest BCUT2D eigenvalue weighted by molar-refractivity contribution is 5.97. The number of nitrogens with one attached hydrogen (secondary N) is 6. The maximum atomic E-state index is 13.3. The Morgan fingerprint density at radius 2 is 0.755 bits per heavy atom. The quantitative estimate of drug-likeness (QED) is 0.0229. The van der Waals surface area contributed by atoms with Gasteiger partial charge in [0, 0.05) is 18.1 Å². The van der Waals surface area contributed by atoms with E-state index in [0.717, 1.165) is 143 Å². The number of carbonyl (C=O) groups is 6. The first kappa shape index (κ1) is 78.7. The van der Waals surface area contributed by atoms with E-state index in [9.17, 15) is 28.8 Å². The highest BCUT2D eigenvalue weighted by atomic mass is 16.5. The summed E-state index contributed by atoms with van der Waals surface area (Å²) in [5.74, 6) is 4.63. The van der Waals surface area contributed by atoms with E-state index in [0.29, 0.717) is 69.6 Å². The van der Waals surface area contributed by atoms with E-state index in [4.69, 9.17) is 43.7 Å². The molecule has 0 aliphatic heterocycles. The zero-order valence-corrected chi connectivity index (χ0v) is 63.5. The number of methoxy groups -OCH3 is 6. The minimum Gasteiger partial charge on any atom is -0.496 e. The molecule has 0 radical (unpaired) electrons. The highest BCUT2D eigenvalue weighted by Crippen LogP contribution is 2.48. The lowest BCUT2D eigenvalue weighted by molar-refractivity contribution is -0.123. The van der Waals surface area contributed by atoms with Crippen molar-refractivity contribution in [3.05, 3.63) is 128 Å². The molecule has 24 nitrogen and oxygen atoms in total. The summed E-state index contributed by atoms with van der Waals surface area (Å²) >= 11 is 0. The van der Waals surface area contributed by atoms with E-state index in [1.807, 2.05) is 68.6 Å². The number of ether oxygens (including phenoxy) is 6. The Kier molecular flexibility index (Phi) is 27.4. The van der Waals surface area contributed by atoms with Gasteiger partial charge in [-0.25, -0.2) is 0 Å². The number of hydrogen-bond donors (Lipinski definition) is 6. The zero-order valence-electron chi connectivity index (χ0n) is 63.5. The van der Waals surface area contributed by atoms with Gasteiger partial charge < -0.3 is 60.3 Å². The third-order valence-electron chi connectivity index (χ3n) is 22.3. The Morgan fingerprint density at radius 3 is 1.03 bits per heavy atom. The van der Waals surface area contributed by atoms with Crippen LogP contribution in [0, 0.1) is 23.7 Å². The van der Waals surface area contributed by atoms with Gasteiger partial charge in [-0.05, 0) is 181 Å². The van der Waals surface area contributed by atoms with Gasteiger partial charge in [0.1, 0.15) is 34.5 Å². The van der Waals surface area contributed by atoms with Gasteiger partial charge >= 0.3 is 0 Å². The van der Waals surface area contributed by atoms with Crippen molar-refractivity contribution in [3.63, 3.8) is 0 Å². The molecule has 6 aliphatic carbocycles. The van der Waals surface area contributed by atoms with Gasteiger partial charge in [0.2, 0.25) is 17.7 Å². The normalized spacial score (nSPS) is 21.2. The van der Waals surface area contributed by atoms with Crippen molar-refractivity contribution in [2.24, 2.45) is 23.7 Å².